The molecule has 0 aliphatic heterocycles. The van der Waals surface area contributed by atoms with E-state index in [2.05, 4.69) is 34.2 Å². The van der Waals surface area contributed by atoms with E-state index in [9.17, 15) is 9.90 Å². The second-order valence-corrected chi connectivity index (χ2v) is 10.3. The molecular formula is C26H26N4O2S. The molecule has 0 saturated carbocycles. The molecule has 0 fully saturated rings. The number of thioether (sulfide) groups is 1. The highest BCUT2D eigenvalue weighted by atomic mass is 32.2. The minimum absolute atomic E-state index is 0.0137. The Balaban J connectivity index is 1.49. The molecule has 2 atom stereocenters. The number of carbonyl (C=O) groups is 1. The number of para-hydroxylation sites is 1. The van der Waals surface area contributed by atoms with Gasteiger partial charge in [-0.2, -0.15) is 0 Å². The van der Waals surface area contributed by atoms with Crippen molar-refractivity contribution in [1.29, 1.82) is 0 Å². The van der Waals surface area contributed by atoms with Crippen LogP contribution in [0.4, 0.5) is 0 Å². The zero-order valence-electron chi connectivity index (χ0n) is 18.9. The van der Waals surface area contributed by atoms with Crippen LogP contribution >= 0.6 is 11.8 Å². The van der Waals surface area contributed by atoms with Gasteiger partial charge in [0, 0.05) is 24.1 Å². The molecule has 1 aliphatic carbocycles. The fourth-order valence-corrected chi connectivity index (χ4v) is 5.41. The molecule has 6 nitrogen and oxygen atoms in total. The van der Waals surface area contributed by atoms with Crippen molar-refractivity contribution in [2.45, 2.75) is 49.1 Å². The molecule has 2 unspecified atom stereocenters. The maximum atomic E-state index is 13.2. The van der Waals surface area contributed by atoms with Crippen molar-refractivity contribution in [1.82, 2.24) is 19.7 Å². The van der Waals surface area contributed by atoms with E-state index in [-0.39, 0.29) is 17.5 Å². The van der Waals surface area contributed by atoms with Crippen LogP contribution < -0.4 is 0 Å². The molecule has 2 aromatic heterocycles. The predicted molar refractivity (Wildman–Crippen MR) is 129 cm³/mol. The second kappa shape index (κ2) is 8.39. The van der Waals surface area contributed by atoms with E-state index in [1.807, 2.05) is 48.9 Å². The summed E-state index contributed by atoms with van der Waals surface area (Å²) in [5.41, 5.74) is 4.47. The minimum Gasteiger partial charge on any atom is -0.385 e. The molecule has 0 bridgehead atoms. The van der Waals surface area contributed by atoms with Crippen LogP contribution in [0.3, 0.4) is 0 Å². The quantitative estimate of drug-likeness (QED) is 0.330. The van der Waals surface area contributed by atoms with Gasteiger partial charge in [0.1, 0.15) is 12.0 Å². The number of hydrogen-bond donors (Lipinski definition) is 1. The van der Waals surface area contributed by atoms with Crippen molar-refractivity contribution in [3.05, 3.63) is 82.8 Å². The molecule has 2 heterocycles. The third kappa shape index (κ3) is 4.18. The van der Waals surface area contributed by atoms with Crippen LogP contribution in [0.2, 0.25) is 0 Å². The molecular weight excluding hydrogens is 432 g/mol. The zero-order valence-corrected chi connectivity index (χ0v) is 19.8. The van der Waals surface area contributed by atoms with E-state index >= 15 is 0 Å². The SMILES string of the molecule is CC(Sc1nncn1C)c1cc(CC(=O)c2ccc3ccccc3n2)c2c(c1)C(C)(O)CC2. The Hall–Kier alpha value is -3.03. The number of Topliss-reactive ketones (excluding diaryl/α,β-unsaturated/α-hetero) is 1. The number of fused-ring (bicyclic) bond motifs is 2. The lowest BCUT2D eigenvalue weighted by atomic mass is 9.91. The summed E-state index contributed by atoms with van der Waals surface area (Å²) in [6.07, 6.45) is 3.37. The average molecular weight is 459 g/mol. The van der Waals surface area contributed by atoms with Gasteiger partial charge in [-0.05, 0) is 61.1 Å². The van der Waals surface area contributed by atoms with Gasteiger partial charge in [0.05, 0.1) is 11.1 Å². The van der Waals surface area contributed by atoms with Crippen molar-refractivity contribution >= 4 is 28.4 Å². The summed E-state index contributed by atoms with van der Waals surface area (Å²) in [6, 6.07) is 15.8. The summed E-state index contributed by atoms with van der Waals surface area (Å²) >= 11 is 1.61. The fraction of sp³-hybridized carbons (Fsp3) is 0.308. The summed E-state index contributed by atoms with van der Waals surface area (Å²) in [5, 5.41) is 21.1. The number of aromatic nitrogens is 4. The standard InChI is InChI=1S/C26H26N4O2S/c1-16(33-25-29-27-15-30(25)3)18-12-19(20-10-11-26(2,32)21(20)13-18)14-24(31)23-9-8-17-6-4-5-7-22(17)28-23/h4-9,12-13,15-16,32H,10-11,14H2,1-3H3. The van der Waals surface area contributed by atoms with E-state index in [0.29, 0.717) is 12.1 Å². The van der Waals surface area contributed by atoms with Crippen molar-refractivity contribution in [3.8, 4) is 0 Å². The topological polar surface area (TPSA) is 80.9 Å². The van der Waals surface area contributed by atoms with Crippen LogP contribution in [0.25, 0.3) is 10.9 Å². The Morgan fingerprint density at radius 3 is 2.85 bits per heavy atom. The molecule has 2 aromatic carbocycles. The van der Waals surface area contributed by atoms with Crippen LogP contribution in [0.1, 0.15) is 58.3 Å². The van der Waals surface area contributed by atoms with Crippen LogP contribution in [-0.4, -0.2) is 30.6 Å². The second-order valence-electron chi connectivity index (χ2n) is 8.95. The van der Waals surface area contributed by atoms with E-state index in [0.717, 1.165) is 44.7 Å². The Kier molecular flexibility index (Phi) is 5.54. The molecule has 0 spiro atoms. The first-order valence-electron chi connectivity index (χ1n) is 11.1. The number of carbonyl (C=O) groups excluding carboxylic acids is 1. The van der Waals surface area contributed by atoms with Gasteiger partial charge in [0.15, 0.2) is 10.9 Å². The third-order valence-corrected chi connectivity index (χ3v) is 7.67. The lowest BCUT2D eigenvalue weighted by molar-refractivity contribution is 0.0594. The first-order chi connectivity index (χ1) is 15.8. The van der Waals surface area contributed by atoms with E-state index in [1.54, 1.807) is 24.2 Å². The molecule has 0 amide bonds. The van der Waals surface area contributed by atoms with Gasteiger partial charge in [-0.25, -0.2) is 4.98 Å². The van der Waals surface area contributed by atoms with Crippen LogP contribution in [0, 0.1) is 0 Å². The van der Waals surface area contributed by atoms with Gasteiger partial charge in [0.2, 0.25) is 0 Å². The van der Waals surface area contributed by atoms with Crippen molar-refractivity contribution < 1.29 is 9.90 Å². The van der Waals surface area contributed by atoms with E-state index in [1.165, 1.54) is 0 Å². The number of aliphatic hydroxyl groups is 1. The summed E-state index contributed by atoms with van der Waals surface area (Å²) in [6.45, 7) is 3.97. The maximum absolute atomic E-state index is 13.2. The van der Waals surface area contributed by atoms with Crippen molar-refractivity contribution in [3.63, 3.8) is 0 Å². The zero-order chi connectivity index (χ0) is 23.2. The van der Waals surface area contributed by atoms with Crippen molar-refractivity contribution in [2.24, 2.45) is 7.05 Å². The first kappa shape index (κ1) is 21.8. The summed E-state index contributed by atoms with van der Waals surface area (Å²) in [5.74, 6) is -0.0137. The van der Waals surface area contributed by atoms with Gasteiger partial charge in [0.25, 0.3) is 0 Å². The Labute approximate surface area is 197 Å². The highest BCUT2D eigenvalue weighted by molar-refractivity contribution is 7.99. The van der Waals surface area contributed by atoms with Gasteiger partial charge >= 0.3 is 0 Å². The van der Waals surface area contributed by atoms with Gasteiger partial charge in [-0.3, -0.25) is 4.79 Å². The molecule has 1 aliphatic rings. The minimum atomic E-state index is -0.889. The fourth-order valence-electron chi connectivity index (χ4n) is 4.52. The average Bonchev–Trinajstić information content (AvgIpc) is 3.35. The molecule has 4 aromatic rings. The molecule has 7 heteroatoms. The first-order valence-corrected chi connectivity index (χ1v) is 12.0. The monoisotopic (exact) mass is 458 g/mol. The summed E-state index contributed by atoms with van der Waals surface area (Å²) in [4.78, 5) is 17.8. The van der Waals surface area contributed by atoms with Gasteiger partial charge in [-0.1, -0.05) is 48.2 Å². The van der Waals surface area contributed by atoms with Crippen LogP contribution in [-0.2, 0) is 25.5 Å². The Bertz CT molecular complexity index is 1360. The largest absolute Gasteiger partial charge is 0.385 e. The molecule has 0 radical (unpaired) electrons. The molecule has 5 rings (SSSR count). The normalized spacial score (nSPS) is 18.4. The van der Waals surface area contributed by atoms with Crippen LogP contribution in [0.5, 0.6) is 0 Å². The molecule has 1 N–H and O–H groups in total. The lowest BCUT2D eigenvalue weighted by Gasteiger charge is -2.21. The highest BCUT2D eigenvalue weighted by Gasteiger charge is 2.34. The molecule has 168 valence electrons. The number of hydrogen-bond acceptors (Lipinski definition) is 6. The number of rotatable bonds is 6. The molecule has 0 saturated heterocycles. The molecule has 33 heavy (non-hydrogen) atoms. The Morgan fingerprint density at radius 2 is 2.06 bits per heavy atom. The third-order valence-electron chi connectivity index (χ3n) is 6.46. The number of nitrogens with zero attached hydrogens (tertiary/aromatic N) is 4. The van der Waals surface area contributed by atoms with Crippen LogP contribution in [0.15, 0.2) is 60.0 Å². The van der Waals surface area contributed by atoms with Gasteiger partial charge in [-0.15, -0.1) is 10.2 Å². The van der Waals surface area contributed by atoms with Gasteiger partial charge < -0.3 is 9.67 Å². The highest BCUT2D eigenvalue weighted by Crippen LogP contribution is 2.42. The number of aryl methyl sites for hydroxylation is 1. The van der Waals surface area contributed by atoms with E-state index < -0.39 is 5.60 Å². The van der Waals surface area contributed by atoms with Crippen molar-refractivity contribution in [2.75, 3.05) is 0 Å². The smallest absolute Gasteiger partial charge is 0.191 e. The predicted octanol–water partition coefficient (Wildman–Crippen LogP) is 4.80. The number of benzene rings is 2. The number of pyridine rings is 1. The lowest BCUT2D eigenvalue weighted by Crippen LogP contribution is -2.17. The number of ketones is 1. The maximum Gasteiger partial charge on any atom is 0.191 e. The van der Waals surface area contributed by atoms with E-state index in [4.69, 9.17) is 0 Å². The summed E-state index contributed by atoms with van der Waals surface area (Å²) in [7, 11) is 1.92. The summed E-state index contributed by atoms with van der Waals surface area (Å²) < 4.78 is 1.89. The Morgan fingerprint density at radius 1 is 1.24 bits per heavy atom.